The van der Waals surface area contributed by atoms with Crippen LogP contribution in [0.4, 0.5) is 11.4 Å². The standard InChI is InChI=1S/C19H20N2O4/c1-12-8-14(20-10-15(23)11-22)6-7-16(12)21-19(24)18-9-13-4-2-3-5-17(13)25-18/h2-9,15,20,22-23H,10-11H2,1H3,(H,21,24). The summed E-state index contributed by atoms with van der Waals surface area (Å²) in [5, 5.41) is 24.9. The van der Waals surface area contributed by atoms with Crippen LogP contribution >= 0.6 is 0 Å². The Kier molecular flexibility index (Phi) is 5.02. The van der Waals surface area contributed by atoms with E-state index in [0.29, 0.717) is 11.3 Å². The molecule has 25 heavy (non-hydrogen) atoms. The van der Waals surface area contributed by atoms with Crippen LogP contribution in [0.1, 0.15) is 16.1 Å². The topological polar surface area (TPSA) is 94.7 Å². The Morgan fingerprint density at radius 1 is 1.20 bits per heavy atom. The molecule has 1 aromatic heterocycles. The number of aliphatic hydroxyl groups is 2. The molecule has 0 aliphatic rings. The molecular formula is C19H20N2O4. The summed E-state index contributed by atoms with van der Waals surface area (Å²) < 4.78 is 5.57. The molecule has 0 bridgehead atoms. The first-order valence-corrected chi connectivity index (χ1v) is 8.00. The van der Waals surface area contributed by atoms with Gasteiger partial charge >= 0.3 is 0 Å². The van der Waals surface area contributed by atoms with Gasteiger partial charge in [-0.3, -0.25) is 4.79 Å². The summed E-state index contributed by atoms with van der Waals surface area (Å²) in [7, 11) is 0. The molecule has 1 heterocycles. The van der Waals surface area contributed by atoms with E-state index in [1.807, 2.05) is 37.3 Å². The molecule has 6 nitrogen and oxygen atoms in total. The maximum absolute atomic E-state index is 12.4. The highest BCUT2D eigenvalue weighted by molar-refractivity contribution is 6.05. The first-order valence-electron chi connectivity index (χ1n) is 8.00. The summed E-state index contributed by atoms with van der Waals surface area (Å²) in [4.78, 5) is 12.4. The Hall–Kier alpha value is -2.83. The first kappa shape index (κ1) is 17.0. The lowest BCUT2D eigenvalue weighted by molar-refractivity contribution is 0.0998. The van der Waals surface area contributed by atoms with Gasteiger partial charge in [-0.15, -0.1) is 0 Å². The van der Waals surface area contributed by atoms with Gasteiger partial charge in [0.15, 0.2) is 5.76 Å². The fourth-order valence-corrected chi connectivity index (χ4v) is 2.49. The van der Waals surface area contributed by atoms with Gasteiger partial charge in [-0.2, -0.15) is 0 Å². The Morgan fingerprint density at radius 2 is 2.00 bits per heavy atom. The SMILES string of the molecule is Cc1cc(NCC(O)CO)ccc1NC(=O)c1cc2ccccc2o1. The number of aliphatic hydroxyl groups excluding tert-OH is 2. The zero-order valence-corrected chi connectivity index (χ0v) is 13.8. The Balaban J connectivity index is 1.70. The Bertz CT molecular complexity index is 855. The summed E-state index contributed by atoms with van der Waals surface area (Å²) in [5.41, 5.74) is 3.02. The van der Waals surface area contributed by atoms with E-state index in [-0.39, 0.29) is 24.8 Å². The van der Waals surface area contributed by atoms with Crippen LogP contribution in [-0.2, 0) is 0 Å². The van der Waals surface area contributed by atoms with Crippen molar-refractivity contribution < 1.29 is 19.4 Å². The van der Waals surface area contributed by atoms with E-state index < -0.39 is 6.10 Å². The number of anilines is 2. The lowest BCUT2D eigenvalue weighted by atomic mass is 10.1. The van der Waals surface area contributed by atoms with E-state index in [4.69, 9.17) is 9.52 Å². The normalized spacial score (nSPS) is 12.1. The van der Waals surface area contributed by atoms with Gasteiger partial charge in [0.2, 0.25) is 0 Å². The molecule has 1 atom stereocenters. The third-order valence-corrected chi connectivity index (χ3v) is 3.88. The number of nitrogens with one attached hydrogen (secondary N) is 2. The summed E-state index contributed by atoms with van der Waals surface area (Å²) in [6, 6.07) is 14.6. The lowest BCUT2D eigenvalue weighted by Gasteiger charge is -2.13. The van der Waals surface area contributed by atoms with Crippen LogP contribution in [0.15, 0.2) is 52.9 Å². The minimum absolute atomic E-state index is 0.251. The second-order valence-electron chi connectivity index (χ2n) is 5.85. The monoisotopic (exact) mass is 340 g/mol. The van der Waals surface area contributed by atoms with Crippen molar-refractivity contribution in [3.63, 3.8) is 0 Å². The predicted octanol–water partition coefficient (Wildman–Crippen LogP) is 2.76. The number of para-hydroxylation sites is 1. The molecule has 3 rings (SSSR count). The number of fused-ring (bicyclic) bond motifs is 1. The molecule has 130 valence electrons. The second kappa shape index (κ2) is 7.38. The summed E-state index contributed by atoms with van der Waals surface area (Å²) in [6.07, 6.45) is -0.812. The molecule has 6 heteroatoms. The minimum Gasteiger partial charge on any atom is -0.451 e. The molecule has 0 aliphatic heterocycles. The van der Waals surface area contributed by atoms with Crippen molar-refractivity contribution in [3.8, 4) is 0 Å². The molecular weight excluding hydrogens is 320 g/mol. The van der Waals surface area contributed by atoms with Crippen molar-refractivity contribution in [1.82, 2.24) is 0 Å². The van der Waals surface area contributed by atoms with Crippen molar-refractivity contribution in [1.29, 1.82) is 0 Å². The van der Waals surface area contributed by atoms with Gasteiger partial charge < -0.3 is 25.3 Å². The molecule has 3 aromatic rings. The van der Waals surface area contributed by atoms with Crippen molar-refractivity contribution in [2.24, 2.45) is 0 Å². The lowest BCUT2D eigenvalue weighted by Crippen LogP contribution is -2.23. The fraction of sp³-hybridized carbons (Fsp3) is 0.211. The van der Waals surface area contributed by atoms with E-state index in [0.717, 1.165) is 16.6 Å². The molecule has 0 fully saturated rings. The van der Waals surface area contributed by atoms with Gasteiger partial charge in [-0.1, -0.05) is 18.2 Å². The molecule has 4 N–H and O–H groups in total. The number of furan rings is 1. The van der Waals surface area contributed by atoms with E-state index in [1.54, 1.807) is 18.2 Å². The third-order valence-electron chi connectivity index (χ3n) is 3.88. The molecule has 1 unspecified atom stereocenters. The molecule has 0 aliphatic carbocycles. The molecule has 0 radical (unpaired) electrons. The maximum Gasteiger partial charge on any atom is 0.291 e. The van der Waals surface area contributed by atoms with Crippen LogP contribution < -0.4 is 10.6 Å². The first-order chi connectivity index (χ1) is 12.1. The van der Waals surface area contributed by atoms with E-state index in [9.17, 15) is 9.90 Å². The van der Waals surface area contributed by atoms with Gasteiger partial charge in [0.25, 0.3) is 5.91 Å². The number of amides is 1. The number of benzene rings is 2. The van der Waals surface area contributed by atoms with Crippen LogP contribution in [0.2, 0.25) is 0 Å². The van der Waals surface area contributed by atoms with Crippen LogP contribution in [-0.4, -0.2) is 35.4 Å². The zero-order valence-electron chi connectivity index (χ0n) is 13.8. The van der Waals surface area contributed by atoms with Crippen molar-refractivity contribution >= 4 is 28.3 Å². The highest BCUT2D eigenvalue weighted by Gasteiger charge is 2.13. The molecule has 2 aromatic carbocycles. The average molecular weight is 340 g/mol. The second-order valence-corrected chi connectivity index (χ2v) is 5.85. The Labute approximate surface area is 145 Å². The van der Waals surface area contributed by atoms with Gasteiger partial charge in [0.1, 0.15) is 5.58 Å². The third kappa shape index (κ3) is 3.99. The van der Waals surface area contributed by atoms with Gasteiger partial charge in [-0.05, 0) is 42.8 Å². The molecule has 1 amide bonds. The molecule has 0 saturated carbocycles. The average Bonchev–Trinajstić information content (AvgIpc) is 3.06. The zero-order chi connectivity index (χ0) is 17.8. The summed E-state index contributed by atoms with van der Waals surface area (Å²) in [6.45, 7) is 1.83. The van der Waals surface area contributed by atoms with Gasteiger partial charge in [-0.25, -0.2) is 0 Å². The van der Waals surface area contributed by atoms with Crippen molar-refractivity contribution in [3.05, 3.63) is 59.9 Å². The fourth-order valence-electron chi connectivity index (χ4n) is 2.49. The maximum atomic E-state index is 12.4. The number of carbonyl (C=O) groups excluding carboxylic acids is 1. The number of hydrogen-bond donors (Lipinski definition) is 4. The highest BCUT2D eigenvalue weighted by Crippen LogP contribution is 2.23. The van der Waals surface area contributed by atoms with E-state index in [1.165, 1.54) is 0 Å². The van der Waals surface area contributed by atoms with Crippen LogP contribution in [0.5, 0.6) is 0 Å². The van der Waals surface area contributed by atoms with E-state index in [2.05, 4.69) is 10.6 Å². The van der Waals surface area contributed by atoms with Crippen LogP contribution in [0.25, 0.3) is 11.0 Å². The number of rotatable bonds is 6. The largest absolute Gasteiger partial charge is 0.451 e. The highest BCUT2D eigenvalue weighted by atomic mass is 16.3. The van der Waals surface area contributed by atoms with Gasteiger partial charge in [0, 0.05) is 23.3 Å². The summed E-state index contributed by atoms with van der Waals surface area (Å²) >= 11 is 0. The quantitative estimate of drug-likeness (QED) is 0.553. The van der Waals surface area contributed by atoms with Crippen molar-refractivity contribution in [2.75, 3.05) is 23.8 Å². The van der Waals surface area contributed by atoms with E-state index >= 15 is 0 Å². The van der Waals surface area contributed by atoms with Crippen LogP contribution in [0.3, 0.4) is 0 Å². The number of aryl methyl sites for hydroxylation is 1. The minimum atomic E-state index is -0.812. The molecule has 0 saturated heterocycles. The smallest absolute Gasteiger partial charge is 0.291 e. The number of carbonyl (C=O) groups is 1. The van der Waals surface area contributed by atoms with Gasteiger partial charge in [0.05, 0.1) is 12.7 Å². The Morgan fingerprint density at radius 3 is 2.72 bits per heavy atom. The van der Waals surface area contributed by atoms with Crippen molar-refractivity contribution in [2.45, 2.75) is 13.0 Å². The molecule has 0 spiro atoms. The predicted molar refractivity (Wildman–Crippen MR) is 96.9 cm³/mol. The summed E-state index contributed by atoms with van der Waals surface area (Å²) in [5.74, 6) is -0.0513. The van der Waals surface area contributed by atoms with Crippen LogP contribution in [0, 0.1) is 6.92 Å². The number of hydrogen-bond acceptors (Lipinski definition) is 5.